The lowest BCUT2D eigenvalue weighted by Crippen LogP contribution is -2.46. The molecule has 0 bridgehead atoms. The summed E-state index contributed by atoms with van der Waals surface area (Å²) in [5.74, 6) is -2.24. The zero-order chi connectivity index (χ0) is 31.9. The van der Waals surface area contributed by atoms with E-state index in [0.29, 0.717) is 18.6 Å². The molecule has 1 heterocycles. The van der Waals surface area contributed by atoms with Gasteiger partial charge in [-0.3, -0.25) is 19.1 Å². The second-order valence-corrected chi connectivity index (χ2v) is 13.5. The average Bonchev–Trinajstić information content (AvgIpc) is 3.37. The molecule has 2 aliphatic carbocycles. The first kappa shape index (κ1) is 33.1. The number of benzene rings is 1. The largest absolute Gasteiger partial charge is 0.497 e. The summed E-state index contributed by atoms with van der Waals surface area (Å²) in [4.78, 5) is 40.5. The summed E-state index contributed by atoms with van der Waals surface area (Å²) >= 11 is 12.7. The Morgan fingerprint density at radius 2 is 1.60 bits per heavy atom. The molecule has 0 spiro atoms. The van der Waals surface area contributed by atoms with Gasteiger partial charge in [0.1, 0.15) is 5.75 Å². The molecule has 0 unspecified atom stereocenters. The van der Waals surface area contributed by atoms with E-state index >= 15 is 0 Å². The Kier molecular flexibility index (Phi) is 9.47. The van der Waals surface area contributed by atoms with Gasteiger partial charge in [-0.2, -0.15) is 18.3 Å². The van der Waals surface area contributed by atoms with Crippen molar-refractivity contribution >= 4 is 40.9 Å². The Hall–Kier alpha value is -2.79. The van der Waals surface area contributed by atoms with Crippen LogP contribution in [0.15, 0.2) is 18.3 Å². The predicted molar refractivity (Wildman–Crippen MR) is 155 cm³/mol. The number of hydrogen-bond donors (Lipinski definition) is 1. The Labute approximate surface area is 258 Å². The maximum absolute atomic E-state index is 14.6. The third kappa shape index (κ3) is 6.98. The van der Waals surface area contributed by atoms with Gasteiger partial charge in [-0.25, -0.2) is 0 Å². The zero-order valence-electron chi connectivity index (χ0n) is 24.6. The van der Waals surface area contributed by atoms with Crippen LogP contribution >= 0.6 is 23.2 Å². The first-order valence-corrected chi connectivity index (χ1v) is 15.0. The number of aliphatic carboxylic acids is 1. The number of carbonyl (C=O) groups is 3. The van der Waals surface area contributed by atoms with Gasteiger partial charge in [0.15, 0.2) is 11.5 Å². The minimum atomic E-state index is -4.93. The number of rotatable bonds is 8. The lowest BCUT2D eigenvalue weighted by Gasteiger charge is -2.40. The molecule has 1 aromatic heterocycles. The van der Waals surface area contributed by atoms with E-state index in [2.05, 4.69) is 18.9 Å². The van der Waals surface area contributed by atoms with Crippen LogP contribution in [-0.4, -0.2) is 57.1 Å². The molecule has 0 aliphatic heterocycles. The van der Waals surface area contributed by atoms with Crippen LogP contribution in [0.3, 0.4) is 0 Å². The summed E-state index contributed by atoms with van der Waals surface area (Å²) in [6.07, 6.45) is -0.902. The lowest BCUT2D eigenvalue weighted by atomic mass is 9.74. The SMILES string of the molecule is COc1cc(Cl)c(C(=O)CN(C(=O)c2cnn([C@H]3CC[C@](C)(C(=O)O)CC3)c2C(F)(F)F)C2CCC(C)(C)CC2)c(Cl)c1. The normalized spacial score (nSPS) is 22.7. The minimum absolute atomic E-state index is 0.000913. The van der Waals surface area contributed by atoms with Crippen molar-refractivity contribution in [1.82, 2.24) is 14.7 Å². The van der Waals surface area contributed by atoms with Crippen LogP contribution in [0.4, 0.5) is 13.2 Å². The van der Waals surface area contributed by atoms with Crippen LogP contribution in [0.25, 0.3) is 0 Å². The molecule has 1 N–H and O–H groups in total. The molecule has 8 nitrogen and oxygen atoms in total. The van der Waals surface area contributed by atoms with Crippen LogP contribution in [0.2, 0.25) is 10.0 Å². The molecule has 236 valence electrons. The quantitative estimate of drug-likeness (QED) is 0.295. The number of carboxylic acid groups (broad SMARTS) is 1. The second-order valence-electron chi connectivity index (χ2n) is 12.7. The van der Waals surface area contributed by atoms with Gasteiger partial charge in [-0.1, -0.05) is 37.0 Å². The highest BCUT2D eigenvalue weighted by molar-refractivity contribution is 6.40. The van der Waals surface area contributed by atoms with E-state index in [1.54, 1.807) is 6.92 Å². The number of Topliss-reactive ketones (excluding diaryl/α,β-unsaturated/α-hetero) is 1. The number of ketones is 1. The molecule has 2 saturated carbocycles. The van der Waals surface area contributed by atoms with Crippen molar-refractivity contribution < 1.29 is 37.4 Å². The zero-order valence-corrected chi connectivity index (χ0v) is 26.1. The third-order valence-corrected chi connectivity index (χ3v) is 9.67. The number of halogens is 5. The summed E-state index contributed by atoms with van der Waals surface area (Å²) in [7, 11) is 1.41. The molecule has 0 saturated heterocycles. The average molecular weight is 647 g/mol. The third-order valence-electron chi connectivity index (χ3n) is 9.07. The smallest absolute Gasteiger partial charge is 0.433 e. The topological polar surface area (TPSA) is 102 Å². The molecule has 0 radical (unpaired) electrons. The van der Waals surface area contributed by atoms with Gasteiger partial charge in [0.25, 0.3) is 5.91 Å². The van der Waals surface area contributed by atoms with E-state index < -0.39 is 59.1 Å². The molecule has 2 aliphatic rings. The predicted octanol–water partition coefficient (Wildman–Crippen LogP) is 7.72. The molecule has 13 heteroatoms. The highest BCUT2D eigenvalue weighted by atomic mass is 35.5. The molecule has 2 fully saturated rings. The summed E-state index contributed by atoms with van der Waals surface area (Å²) in [5, 5.41) is 13.6. The molecule has 4 rings (SSSR count). The van der Waals surface area contributed by atoms with Gasteiger partial charge < -0.3 is 14.7 Å². The fourth-order valence-electron chi connectivity index (χ4n) is 6.16. The first-order valence-electron chi connectivity index (χ1n) is 14.2. The number of carboxylic acids is 1. The Morgan fingerprint density at radius 3 is 2.09 bits per heavy atom. The van der Waals surface area contributed by atoms with Crippen molar-refractivity contribution in [3.05, 3.63) is 45.2 Å². The molecular weight excluding hydrogens is 610 g/mol. The standard InChI is InChI=1S/C30H36Cl2F3N3O5/c1-28(2)9-5-17(6-10-28)37(16-23(39)24-21(31)13-19(43-4)14-22(24)32)26(40)20-15-36-38(25(20)30(33,34)35)18-7-11-29(3,12-8-18)27(41)42/h13-15,17-18H,5-12,16H2,1-4H3,(H,41,42)/t18-,29-. The van der Waals surface area contributed by atoms with Gasteiger partial charge in [0.2, 0.25) is 0 Å². The first-order chi connectivity index (χ1) is 20.0. The van der Waals surface area contributed by atoms with Crippen LogP contribution < -0.4 is 4.74 Å². The molecule has 0 atom stereocenters. The number of alkyl halides is 3. The van der Waals surface area contributed by atoms with Gasteiger partial charge in [0.05, 0.1) is 52.5 Å². The Morgan fingerprint density at radius 1 is 1.05 bits per heavy atom. The summed E-state index contributed by atoms with van der Waals surface area (Å²) in [6.45, 7) is 5.22. The summed E-state index contributed by atoms with van der Waals surface area (Å²) < 4.78 is 49.8. The van der Waals surface area contributed by atoms with Crippen LogP contribution in [0.1, 0.15) is 105 Å². The van der Waals surface area contributed by atoms with Crippen LogP contribution in [-0.2, 0) is 11.0 Å². The Bertz CT molecular complexity index is 1370. The second kappa shape index (κ2) is 12.3. The van der Waals surface area contributed by atoms with Gasteiger partial charge in [-0.05, 0) is 75.8 Å². The van der Waals surface area contributed by atoms with Crippen molar-refractivity contribution in [3.8, 4) is 5.75 Å². The molecular formula is C30H36Cl2F3N3O5. The van der Waals surface area contributed by atoms with Gasteiger partial charge in [0, 0.05) is 6.04 Å². The number of hydrogen-bond acceptors (Lipinski definition) is 5. The van der Waals surface area contributed by atoms with E-state index in [4.69, 9.17) is 27.9 Å². The number of carbonyl (C=O) groups excluding carboxylic acids is 2. The Balaban J connectivity index is 1.70. The lowest BCUT2D eigenvalue weighted by molar-refractivity contribution is -0.152. The number of aromatic nitrogens is 2. The van der Waals surface area contributed by atoms with E-state index in [9.17, 15) is 32.7 Å². The van der Waals surface area contributed by atoms with Crippen LogP contribution in [0, 0.1) is 10.8 Å². The van der Waals surface area contributed by atoms with Crippen LogP contribution in [0.5, 0.6) is 5.75 Å². The maximum atomic E-state index is 14.6. The minimum Gasteiger partial charge on any atom is -0.497 e. The molecule has 1 amide bonds. The van der Waals surface area contributed by atoms with Gasteiger partial charge >= 0.3 is 12.1 Å². The molecule has 43 heavy (non-hydrogen) atoms. The highest BCUT2D eigenvalue weighted by Crippen LogP contribution is 2.44. The fraction of sp³-hybridized carbons (Fsp3) is 0.600. The van der Waals surface area contributed by atoms with Crippen molar-refractivity contribution in [2.45, 2.75) is 90.4 Å². The van der Waals surface area contributed by atoms with E-state index in [0.717, 1.165) is 23.7 Å². The number of ether oxygens (including phenoxy) is 1. The number of nitrogens with zero attached hydrogens (tertiary/aromatic N) is 3. The van der Waals surface area contributed by atoms with Crippen molar-refractivity contribution in [3.63, 3.8) is 0 Å². The van der Waals surface area contributed by atoms with Crippen molar-refractivity contribution in [2.75, 3.05) is 13.7 Å². The molecule has 1 aromatic carbocycles. The number of amides is 1. The van der Waals surface area contributed by atoms with E-state index in [1.165, 1.54) is 24.1 Å². The summed E-state index contributed by atoms with van der Waals surface area (Å²) in [6, 6.07) is 1.59. The fourth-order valence-corrected chi connectivity index (χ4v) is 6.84. The monoisotopic (exact) mass is 645 g/mol. The van der Waals surface area contributed by atoms with Crippen molar-refractivity contribution in [1.29, 1.82) is 0 Å². The van der Waals surface area contributed by atoms with E-state index in [-0.39, 0.29) is 46.7 Å². The highest BCUT2D eigenvalue weighted by Gasteiger charge is 2.46. The van der Waals surface area contributed by atoms with E-state index in [1.807, 2.05) is 0 Å². The van der Waals surface area contributed by atoms with Crippen molar-refractivity contribution in [2.24, 2.45) is 10.8 Å². The molecule has 2 aromatic rings. The maximum Gasteiger partial charge on any atom is 0.433 e. The summed E-state index contributed by atoms with van der Waals surface area (Å²) in [5.41, 5.74) is -2.94. The number of methoxy groups -OCH3 is 1. The van der Waals surface area contributed by atoms with Gasteiger partial charge in [-0.15, -0.1) is 0 Å².